The van der Waals surface area contributed by atoms with Gasteiger partial charge >= 0.3 is 6.18 Å². The summed E-state index contributed by atoms with van der Waals surface area (Å²) in [7, 11) is 0. The molecular weight excluding hydrogens is 357 g/mol. The molecule has 1 fully saturated rings. The standard InChI is InChI=1S/C20H21F3N2O2/c21-20(22,23)17-5-1-14(2-6-17)16-9-11-25(13-16)18-7-3-15(4-8-18)19(27)24-10-12-26/h1-8,16,26H,9-13H2,(H,24,27). The number of nitrogens with zero attached hydrogens (tertiary/aromatic N) is 1. The van der Waals surface area contributed by atoms with Gasteiger partial charge in [0, 0.05) is 36.8 Å². The van der Waals surface area contributed by atoms with Crippen LogP contribution in [0.4, 0.5) is 18.9 Å². The largest absolute Gasteiger partial charge is 0.416 e. The lowest BCUT2D eigenvalue weighted by Gasteiger charge is -2.19. The number of hydrogen-bond donors (Lipinski definition) is 2. The number of rotatable bonds is 5. The van der Waals surface area contributed by atoms with Gasteiger partial charge < -0.3 is 15.3 Å². The summed E-state index contributed by atoms with van der Waals surface area (Å²) in [6.07, 6.45) is -3.45. The first-order chi connectivity index (χ1) is 12.9. The molecule has 1 saturated heterocycles. The normalized spacial score (nSPS) is 17.2. The van der Waals surface area contributed by atoms with Crippen LogP contribution in [0.3, 0.4) is 0 Å². The summed E-state index contributed by atoms with van der Waals surface area (Å²) < 4.78 is 38.1. The van der Waals surface area contributed by atoms with Crippen LogP contribution < -0.4 is 10.2 Å². The highest BCUT2D eigenvalue weighted by Gasteiger charge is 2.31. The van der Waals surface area contributed by atoms with Crippen LogP contribution in [-0.2, 0) is 6.18 Å². The van der Waals surface area contributed by atoms with Gasteiger partial charge in [-0.05, 0) is 48.4 Å². The summed E-state index contributed by atoms with van der Waals surface area (Å²) in [5.74, 6) is -0.0561. The fraction of sp³-hybridized carbons (Fsp3) is 0.350. The van der Waals surface area contributed by atoms with Gasteiger partial charge in [0.25, 0.3) is 5.91 Å². The van der Waals surface area contributed by atoms with Crippen molar-refractivity contribution >= 4 is 11.6 Å². The maximum absolute atomic E-state index is 12.7. The van der Waals surface area contributed by atoms with Crippen LogP contribution >= 0.6 is 0 Å². The zero-order valence-electron chi connectivity index (χ0n) is 14.7. The van der Waals surface area contributed by atoms with Crippen molar-refractivity contribution in [1.29, 1.82) is 0 Å². The zero-order valence-corrected chi connectivity index (χ0v) is 14.7. The van der Waals surface area contributed by atoms with E-state index in [4.69, 9.17) is 5.11 Å². The van der Waals surface area contributed by atoms with E-state index in [1.54, 1.807) is 24.3 Å². The molecule has 3 rings (SSSR count). The molecule has 2 N–H and O–H groups in total. The zero-order chi connectivity index (χ0) is 19.4. The fourth-order valence-electron chi connectivity index (χ4n) is 3.31. The number of benzene rings is 2. The van der Waals surface area contributed by atoms with Crippen molar-refractivity contribution in [1.82, 2.24) is 5.32 Å². The van der Waals surface area contributed by atoms with E-state index in [9.17, 15) is 18.0 Å². The minimum Gasteiger partial charge on any atom is -0.395 e. The SMILES string of the molecule is O=C(NCCO)c1ccc(N2CCC(c3ccc(C(F)(F)F)cc3)C2)cc1. The number of anilines is 1. The second-order valence-electron chi connectivity index (χ2n) is 6.58. The first kappa shape index (κ1) is 19.2. The number of nitrogens with one attached hydrogen (secondary N) is 1. The quantitative estimate of drug-likeness (QED) is 0.838. The van der Waals surface area contributed by atoms with Crippen molar-refractivity contribution in [3.63, 3.8) is 0 Å². The van der Waals surface area contributed by atoms with Crippen LogP contribution in [0.5, 0.6) is 0 Å². The molecule has 1 atom stereocenters. The van der Waals surface area contributed by atoms with Gasteiger partial charge in [-0.2, -0.15) is 13.2 Å². The average Bonchev–Trinajstić information content (AvgIpc) is 3.16. The Bertz CT molecular complexity index is 773. The Balaban J connectivity index is 1.63. The Labute approximate surface area is 155 Å². The third-order valence-corrected chi connectivity index (χ3v) is 4.79. The molecule has 0 spiro atoms. The van der Waals surface area contributed by atoms with Gasteiger partial charge in [-0.1, -0.05) is 12.1 Å². The predicted molar refractivity (Wildman–Crippen MR) is 96.9 cm³/mol. The van der Waals surface area contributed by atoms with Crippen molar-refractivity contribution in [2.24, 2.45) is 0 Å². The van der Waals surface area contributed by atoms with Gasteiger partial charge in [0.2, 0.25) is 0 Å². The summed E-state index contributed by atoms with van der Waals surface area (Å²) in [5.41, 5.74) is 1.77. The molecule has 1 amide bonds. The van der Waals surface area contributed by atoms with E-state index in [1.807, 2.05) is 12.1 Å². The molecule has 7 heteroatoms. The molecular formula is C20H21F3N2O2. The molecule has 1 aliphatic heterocycles. The number of hydrogen-bond acceptors (Lipinski definition) is 3. The first-order valence-electron chi connectivity index (χ1n) is 8.79. The van der Waals surface area contributed by atoms with Crippen molar-refractivity contribution in [3.05, 3.63) is 65.2 Å². The Kier molecular flexibility index (Phi) is 5.70. The lowest BCUT2D eigenvalue weighted by atomic mass is 9.97. The lowest BCUT2D eigenvalue weighted by molar-refractivity contribution is -0.137. The summed E-state index contributed by atoms with van der Waals surface area (Å²) in [6.45, 7) is 1.63. The highest BCUT2D eigenvalue weighted by Crippen LogP contribution is 2.34. The average molecular weight is 378 g/mol. The molecule has 0 aliphatic carbocycles. The molecule has 1 unspecified atom stereocenters. The molecule has 0 bridgehead atoms. The Hall–Kier alpha value is -2.54. The Morgan fingerprint density at radius 2 is 1.78 bits per heavy atom. The molecule has 27 heavy (non-hydrogen) atoms. The fourth-order valence-corrected chi connectivity index (χ4v) is 3.31. The molecule has 0 saturated carbocycles. The van der Waals surface area contributed by atoms with E-state index < -0.39 is 11.7 Å². The van der Waals surface area contributed by atoms with Crippen LogP contribution in [0.15, 0.2) is 48.5 Å². The molecule has 2 aromatic rings. The highest BCUT2D eigenvalue weighted by atomic mass is 19.4. The first-order valence-corrected chi connectivity index (χ1v) is 8.79. The van der Waals surface area contributed by atoms with E-state index in [-0.39, 0.29) is 25.0 Å². The van der Waals surface area contributed by atoms with Crippen LogP contribution in [0, 0.1) is 0 Å². The summed E-state index contributed by atoms with van der Waals surface area (Å²) >= 11 is 0. The summed E-state index contributed by atoms with van der Waals surface area (Å²) in [6, 6.07) is 12.6. The van der Waals surface area contributed by atoms with Crippen molar-refractivity contribution in [2.45, 2.75) is 18.5 Å². The number of amides is 1. The van der Waals surface area contributed by atoms with Crippen molar-refractivity contribution in [2.75, 3.05) is 31.1 Å². The van der Waals surface area contributed by atoms with E-state index in [1.165, 1.54) is 0 Å². The van der Waals surface area contributed by atoms with Crippen LogP contribution in [0.25, 0.3) is 0 Å². The van der Waals surface area contributed by atoms with Gasteiger partial charge in [-0.25, -0.2) is 0 Å². The number of carbonyl (C=O) groups excluding carboxylic acids is 1. The van der Waals surface area contributed by atoms with Gasteiger partial charge in [0.05, 0.1) is 12.2 Å². The van der Waals surface area contributed by atoms with E-state index in [0.717, 1.165) is 42.9 Å². The Morgan fingerprint density at radius 3 is 2.37 bits per heavy atom. The molecule has 0 radical (unpaired) electrons. The smallest absolute Gasteiger partial charge is 0.395 e. The molecule has 1 heterocycles. The highest BCUT2D eigenvalue weighted by molar-refractivity contribution is 5.94. The molecule has 4 nitrogen and oxygen atoms in total. The topological polar surface area (TPSA) is 52.6 Å². The van der Waals surface area contributed by atoms with Crippen LogP contribution in [0.1, 0.15) is 33.8 Å². The number of aliphatic hydroxyl groups excluding tert-OH is 1. The van der Waals surface area contributed by atoms with Gasteiger partial charge in [-0.15, -0.1) is 0 Å². The summed E-state index contributed by atoms with van der Waals surface area (Å²) in [5, 5.41) is 11.3. The van der Waals surface area contributed by atoms with E-state index in [0.29, 0.717) is 5.56 Å². The minimum absolute atomic E-state index is 0.108. The maximum atomic E-state index is 12.7. The molecule has 0 aromatic heterocycles. The monoisotopic (exact) mass is 378 g/mol. The maximum Gasteiger partial charge on any atom is 0.416 e. The third kappa shape index (κ3) is 4.60. The number of carbonyl (C=O) groups is 1. The number of halogens is 3. The summed E-state index contributed by atoms with van der Waals surface area (Å²) in [4.78, 5) is 14.0. The van der Waals surface area contributed by atoms with Crippen LogP contribution in [0.2, 0.25) is 0 Å². The lowest BCUT2D eigenvalue weighted by Crippen LogP contribution is -2.26. The second kappa shape index (κ2) is 8.00. The van der Waals surface area contributed by atoms with Crippen molar-refractivity contribution < 1.29 is 23.1 Å². The minimum atomic E-state index is -4.31. The van der Waals surface area contributed by atoms with Gasteiger partial charge in [-0.3, -0.25) is 4.79 Å². The molecule has 144 valence electrons. The van der Waals surface area contributed by atoms with E-state index >= 15 is 0 Å². The third-order valence-electron chi connectivity index (χ3n) is 4.79. The predicted octanol–water partition coefficient (Wildman–Crippen LogP) is 3.42. The van der Waals surface area contributed by atoms with Crippen LogP contribution in [-0.4, -0.2) is 37.3 Å². The molecule has 1 aliphatic rings. The van der Waals surface area contributed by atoms with Gasteiger partial charge in [0.1, 0.15) is 0 Å². The van der Waals surface area contributed by atoms with E-state index in [2.05, 4.69) is 10.2 Å². The number of aliphatic hydroxyl groups is 1. The Morgan fingerprint density at radius 1 is 1.11 bits per heavy atom. The molecule has 2 aromatic carbocycles. The van der Waals surface area contributed by atoms with Gasteiger partial charge in [0.15, 0.2) is 0 Å². The second-order valence-corrected chi connectivity index (χ2v) is 6.58. The number of alkyl halides is 3. The van der Waals surface area contributed by atoms with Crippen molar-refractivity contribution in [3.8, 4) is 0 Å².